The molecule has 1 aliphatic heterocycles. The van der Waals surface area contributed by atoms with Crippen LogP contribution in [0.2, 0.25) is 5.02 Å². The number of nitrogen functional groups attached to an aromatic ring is 1. The number of anilines is 1. The third kappa shape index (κ3) is 2.61. The molecule has 0 aliphatic carbocycles. The minimum atomic E-state index is -3.82. The van der Waals surface area contributed by atoms with Crippen molar-refractivity contribution in [2.45, 2.75) is 24.3 Å². The molecule has 1 heterocycles. The lowest BCUT2D eigenvalue weighted by molar-refractivity contribution is -0.142. The highest BCUT2D eigenvalue weighted by molar-refractivity contribution is 7.89. The van der Waals surface area contributed by atoms with Gasteiger partial charge < -0.3 is 10.6 Å². The first-order chi connectivity index (χ1) is 9.58. The van der Waals surface area contributed by atoms with Gasteiger partial charge in [0, 0.05) is 20.1 Å². The molecule has 2 N–H and O–H groups in total. The number of halogens is 1. The molecule has 0 unspecified atom stereocenters. The van der Waals surface area contributed by atoms with Crippen molar-refractivity contribution in [3.05, 3.63) is 23.2 Å². The van der Waals surface area contributed by atoms with Crippen LogP contribution in [0.5, 0.6) is 0 Å². The molecule has 0 atom stereocenters. The molecule has 1 saturated heterocycles. The zero-order valence-electron chi connectivity index (χ0n) is 12.1. The number of likely N-dealkylation sites (N-methyl/N-ethyl adjacent to an activating group) is 1. The fourth-order valence-corrected chi connectivity index (χ4v) is 4.42. The summed E-state index contributed by atoms with van der Waals surface area (Å²) in [7, 11) is -2.16. The Bertz CT molecular complexity index is 688. The van der Waals surface area contributed by atoms with Gasteiger partial charge >= 0.3 is 0 Å². The summed E-state index contributed by atoms with van der Waals surface area (Å²) < 4.78 is 26.8. The average Bonchev–Trinajstić information content (AvgIpc) is 2.38. The molecule has 1 amide bonds. The van der Waals surface area contributed by atoms with Crippen LogP contribution in [0.1, 0.15) is 13.8 Å². The number of hydrogen-bond donors (Lipinski definition) is 1. The minimum absolute atomic E-state index is 0.0344. The van der Waals surface area contributed by atoms with Crippen molar-refractivity contribution in [3.63, 3.8) is 0 Å². The van der Waals surface area contributed by atoms with Crippen LogP contribution < -0.4 is 5.73 Å². The summed E-state index contributed by atoms with van der Waals surface area (Å²) in [5.74, 6) is -0.237. The van der Waals surface area contributed by atoms with Crippen molar-refractivity contribution in [3.8, 4) is 0 Å². The number of nitrogens with two attached hydrogens (primary N) is 1. The van der Waals surface area contributed by atoms with E-state index in [4.69, 9.17) is 17.3 Å². The summed E-state index contributed by atoms with van der Waals surface area (Å²) in [4.78, 5) is 13.8. The molecule has 0 radical (unpaired) electrons. The minimum Gasteiger partial charge on any atom is -0.398 e. The van der Waals surface area contributed by atoms with Crippen molar-refractivity contribution >= 4 is 33.2 Å². The zero-order chi connectivity index (χ0) is 16.0. The van der Waals surface area contributed by atoms with E-state index in [0.29, 0.717) is 12.2 Å². The number of carbonyl (C=O) groups excluding carboxylic acids is 1. The Morgan fingerprint density at radius 3 is 2.48 bits per heavy atom. The Hall–Kier alpha value is -1.31. The molecular formula is C13H18ClN3O3S. The zero-order valence-corrected chi connectivity index (χ0v) is 13.7. The monoisotopic (exact) mass is 331 g/mol. The summed E-state index contributed by atoms with van der Waals surface area (Å²) >= 11 is 5.90. The lowest BCUT2D eigenvalue weighted by Gasteiger charge is -2.43. The molecule has 6 nitrogen and oxygen atoms in total. The van der Waals surface area contributed by atoms with E-state index in [1.165, 1.54) is 27.4 Å². The van der Waals surface area contributed by atoms with Gasteiger partial charge in [0.25, 0.3) is 0 Å². The second-order valence-electron chi connectivity index (χ2n) is 5.55. The van der Waals surface area contributed by atoms with Crippen LogP contribution in [0.4, 0.5) is 5.69 Å². The van der Waals surface area contributed by atoms with Gasteiger partial charge in [0.2, 0.25) is 15.9 Å². The van der Waals surface area contributed by atoms with Gasteiger partial charge in [-0.05, 0) is 32.0 Å². The van der Waals surface area contributed by atoms with Crippen molar-refractivity contribution in [1.82, 2.24) is 9.21 Å². The second kappa shape index (κ2) is 5.15. The molecule has 1 fully saturated rings. The van der Waals surface area contributed by atoms with Crippen LogP contribution in [0.15, 0.2) is 23.1 Å². The van der Waals surface area contributed by atoms with E-state index in [0.717, 1.165) is 0 Å². The highest BCUT2D eigenvalue weighted by Crippen LogP contribution is 2.31. The SMILES string of the molecule is CN1CCN(S(=O)(=O)c2ccc(N)c(Cl)c2)C(C)(C)C1=O. The molecule has 2 rings (SSSR count). The van der Waals surface area contributed by atoms with E-state index < -0.39 is 15.6 Å². The highest BCUT2D eigenvalue weighted by atomic mass is 35.5. The van der Waals surface area contributed by atoms with Crippen LogP contribution in [0, 0.1) is 0 Å². The Morgan fingerprint density at radius 1 is 1.29 bits per heavy atom. The lowest BCUT2D eigenvalue weighted by atomic mass is 10.0. The van der Waals surface area contributed by atoms with E-state index in [-0.39, 0.29) is 22.4 Å². The third-order valence-electron chi connectivity index (χ3n) is 3.69. The predicted octanol–water partition coefficient (Wildman–Crippen LogP) is 1.16. The van der Waals surface area contributed by atoms with Gasteiger partial charge in [-0.3, -0.25) is 4.79 Å². The molecule has 8 heteroatoms. The fourth-order valence-electron chi connectivity index (χ4n) is 2.41. The molecule has 0 aromatic heterocycles. The largest absolute Gasteiger partial charge is 0.398 e. The van der Waals surface area contributed by atoms with E-state index in [1.54, 1.807) is 20.9 Å². The summed E-state index contributed by atoms with van der Waals surface area (Å²) in [6.07, 6.45) is 0. The fraction of sp³-hybridized carbons (Fsp3) is 0.462. The van der Waals surface area contributed by atoms with Gasteiger partial charge in [-0.25, -0.2) is 8.42 Å². The van der Waals surface area contributed by atoms with Gasteiger partial charge in [-0.15, -0.1) is 0 Å². The number of hydrogen-bond acceptors (Lipinski definition) is 4. The van der Waals surface area contributed by atoms with Crippen molar-refractivity contribution in [1.29, 1.82) is 0 Å². The maximum atomic E-state index is 12.8. The molecule has 0 bridgehead atoms. The summed E-state index contributed by atoms with van der Waals surface area (Å²) in [6.45, 7) is 3.78. The Kier molecular flexibility index (Phi) is 3.94. The quantitative estimate of drug-likeness (QED) is 0.824. The molecule has 1 aliphatic rings. The van der Waals surface area contributed by atoms with Gasteiger partial charge in [-0.1, -0.05) is 11.6 Å². The number of amides is 1. The first kappa shape index (κ1) is 16.1. The van der Waals surface area contributed by atoms with E-state index in [9.17, 15) is 13.2 Å². The Labute approximate surface area is 129 Å². The van der Waals surface area contributed by atoms with Crippen LogP contribution in [-0.2, 0) is 14.8 Å². The number of carbonyl (C=O) groups is 1. The molecule has 21 heavy (non-hydrogen) atoms. The maximum Gasteiger partial charge on any atom is 0.244 e. The summed E-state index contributed by atoms with van der Waals surface area (Å²) in [6, 6.07) is 4.15. The van der Waals surface area contributed by atoms with Crippen LogP contribution in [0.25, 0.3) is 0 Å². The number of piperazine rings is 1. The maximum absolute atomic E-state index is 12.8. The average molecular weight is 332 g/mol. The second-order valence-corrected chi connectivity index (χ2v) is 7.82. The molecule has 0 saturated carbocycles. The van der Waals surface area contributed by atoms with Gasteiger partial charge in [-0.2, -0.15) is 4.31 Å². The summed E-state index contributed by atoms with van der Waals surface area (Å²) in [5.41, 5.74) is 4.77. The standard InChI is InChI=1S/C13H18ClN3O3S/c1-13(2)12(18)16(3)6-7-17(13)21(19,20)9-4-5-11(15)10(14)8-9/h4-5,8H,6-7,15H2,1-3H3. The van der Waals surface area contributed by atoms with Crippen LogP contribution in [0.3, 0.4) is 0 Å². The number of benzene rings is 1. The van der Waals surface area contributed by atoms with E-state index in [2.05, 4.69) is 0 Å². The smallest absolute Gasteiger partial charge is 0.244 e. The van der Waals surface area contributed by atoms with Gasteiger partial charge in [0.1, 0.15) is 5.54 Å². The molecule has 1 aromatic rings. The predicted molar refractivity (Wildman–Crippen MR) is 81.5 cm³/mol. The first-order valence-electron chi connectivity index (χ1n) is 6.42. The number of sulfonamides is 1. The lowest BCUT2D eigenvalue weighted by Crippen LogP contribution is -2.63. The van der Waals surface area contributed by atoms with Gasteiger partial charge in [0.05, 0.1) is 15.6 Å². The number of nitrogens with zero attached hydrogens (tertiary/aromatic N) is 2. The van der Waals surface area contributed by atoms with E-state index in [1.807, 2.05) is 0 Å². The molecule has 1 aromatic carbocycles. The van der Waals surface area contributed by atoms with Crippen molar-refractivity contribution < 1.29 is 13.2 Å². The van der Waals surface area contributed by atoms with Crippen LogP contribution in [-0.4, -0.2) is 49.2 Å². The Balaban J connectivity index is 2.48. The third-order valence-corrected chi connectivity index (χ3v) is 6.09. The highest BCUT2D eigenvalue weighted by Gasteiger charge is 2.46. The normalized spacial score (nSPS) is 19.8. The molecule has 0 spiro atoms. The molecular weight excluding hydrogens is 314 g/mol. The van der Waals surface area contributed by atoms with Crippen molar-refractivity contribution in [2.24, 2.45) is 0 Å². The molecule has 116 valence electrons. The van der Waals surface area contributed by atoms with Crippen LogP contribution >= 0.6 is 11.6 Å². The number of rotatable bonds is 2. The van der Waals surface area contributed by atoms with Gasteiger partial charge in [0.15, 0.2) is 0 Å². The summed E-state index contributed by atoms with van der Waals surface area (Å²) in [5, 5.41) is 0.175. The topological polar surface area (TPSA) is 83.7 Å². The van der Waals surface area contributed by atoms with E-state index >= 15 is 0 Å². The van der Waals surface area contributed by atoms with Crippen molar-refractivity contribution in [2.75, 3.05) is 25.9 Å². The first-order valence-corrected chi connectivity index (χ1v) is 8.23. The Morgan fingerprint density at radius 2 is 1.90 bits per heavy atom.